The minimum atomic E-state index is -0.282. The Kier molecular flexibility index (Phi) is 10.8. The molecule has 158 valence electrons. The molecule has 3 rings (SSSR count). The third-order valence-corrected chi connectivity index (χ3v) is 5.10. The number of nitrogens with zero attached hydrogens (tertiary/aromatic N) is 2. The third-order valence-electron chi connectivity index (χ3n) is 5.10. The van der Waals surface area contributed by atoms with Gasteiger partial charge < -0.3 is 20.7 Å². The van der Waals surface area contributed by atoms with Crippen LogP contribution in [0.15, 0.2) is 30.3 Å². The van der Waals surface area contributed by atoms with Gasteiger partial charge in [-0.25, -0.2) is 0 Å². The Hall–Kier alpha value is -1.38. The van der Waals surface area contributed by atoms with E-state index in [1.807, 2.05) is 30.3 Å². The van der Waals surface area contributed by atoms with Crippen LogP contribution in [0, 0.1) is 5.92 Å². The number of hydrogen-bond acceptors (Lipinski definition) is 5. The first-order chi connectivity index (χ1) is 12.6. The van der Waals surface area contributed by atoms with Gasteiger partial charge in [-0.2, -0.15) is 0 Å². The highest BCUT2D eigenvalue weighted by atomic mass is 35.5. The maximum absolute atomic E-state index is 12.4. The Morgan fingerprint density at radius 2 is 1.86 bits per heavy atom. The summed E-state index contributed by atoms with van der Waals surface area (Å²) in [6.07, 6.45) is 0.287. The largest absolute Gasteiger partial charge is 0.379 e. The van der Waals surface area contributed by atoms with Crippen molar-refractivity contribution in [3.05, 3.63) is 35.9 Å². The number of ether oxygens (including phenoxy) is 1. The fourth-order valence-electron chi connectivity index (χ4n) is 3.42. The van der Waals surface area contributed by atoms with Crippen LogP contribution in [0.4, 0.5) is 0 Å². The summed E-state index contributed by atoms with van der Waals surface area (Å²) in [6, 6.07) is 9.45. The second kappa shape index (κ2) is 12.2. The Balaban J connectivity index is 0.00000196. The number of nitrogens with one attached hydrogen (secondary N) is 1. The van der Waals surface area contributed by atoms with Gasteiger partial charge in [0.05, 0.1) is 19.1 Å². The van der Waals surface area contributed by atoms with E-state index in [-0.39, 0.29) is 55.0 Å². The highest BCUT2D eigenvalue weighted by Crippen LogP contribution is 2.18. The maximum atomic E-state index is 12.4. The van der Waals surface area contributed by atoms with Crippen molar-refractivity contribution in [1.82, 2.24) is 15.1 Å². The van der Waals surface area contributed by atoms with Crippen molar-refractivity contribution in [2.45, 2.75) is 12.5 Å². The zero-order chi connectivity index (χ0) is 18.4. The molecule has 2 amide bonds. The number of halogens is 2. The summed E-state index contributed by atoms with van der Waals surface area (Å²) in [6.45, 7) is 5.69. The van der Waals surface area contributed by atoms with Crippen molar-refractivity contribution >= 4 is 36.6 Å². The van der Waals surface area contributed by atoms with Crippen molar-refractivity contribution in [2.75, 3.05) is 52.5 Å². The predicted octanol–water partition coefficient (Wildman–Crippen LogP) is 0.827. The maximum Gasteiger partial charge on any atom is 0.225 e. The fourth-order valence-corrected chi connectivity index (χ4v) is 3.42. The summed E-state index contributed by atoms with van der Waals surface area (Å²) in [7, 11) is 0. The number of hydrogen-bond donors (Lipinski definition) is 2. The van der Waals surface area contributed by atoms with Gasteiger partial charge in [-0.15, -0.1) is 24.8 Å². The SMILES string of the molecule is Cl.Cl.NC(CNC(=O)C1CC(=O)N(CCN2CCOCC2)C1)c1ccccc1. The zero-order valence-corrected chi connectivity index (χ0v) is 17.6. The number of carbonyl (C=O) groups is 2. The van der Waals surface area contributed by atoms with E-state index in [1.165, 1.54) is 0 Å². The van der Waals surface area contributed by atoms with Gasteiger partial charge in [-0.05, 0) is 5.56 Å². The molecular formula is C19H30Cl2N4O3. The molecule has 1 aromatic carbocycles. The highest BCUT2D eigenvalue weighted by molar-refractivity contribution is 5.89. The van der Waals surface area contributed by atoms with Crippen LogP contribution in [0.1, 0.15) is 18.0 Å². The second-order valence-electron chi connectivity index (χ2n) is 6.96. The monoisotopic (exact) mass is 432 g/mol. The molecule has 3 N–H and O–H groups in total. The molecule has 0 aliphatic carbocycles. The van der Waals surface area contributed by atoms with Crippen molar-refractivity contribution < 1.29 is 14.3 Å². The lowest BCUT2D eigenvalue weighted by atomic mass is 10.1. The first-order valence-corrected chi connectivity index (χ1v) is 9.29. The molecule has 1 aromatic rings. The molecule has 0 spiro atoms. The minimum absolute atomic E-state index is 0. The fraction of sp³-hybridized carbons (Fsp3) is 0.579. The number of nitrogens with two attached hydrogens (primary N) is 1. The van der Waals surface area contributed by atoms with Crippen LogP contribution in [0.25, 0.3) is 0 Å². The average Bonchev–Trinajstić information content (AvgIpc) is 3.06. The molecule has 0 aromatic heterocycles. The lowest BCUT2D eigenvalue weighted by molar-refractivity contribution is -0.129. The molecule has 7 nitrogen and oxygen atoms in total. The number of amides is 2. The molecule has 2 saturated heterocycles. The van der Waals surface area contributed by atoms with E-state index < -0.39 is 0 Å². The van der Waals surface area contributed by atoms with E-state index in [0.717, 1.165) is 38.4 Å². The van der Waals surface area contributed by atoms with Gasteiger partial charge in [0.25, 0.3) is 0 Å². The Labute approximate surface area is 178 Å². The Morgan fingerprint density at radius 1 is 1.18 bits per heavy atom. The number of benzene rings is 1. The van der Waals surface area contributed by atoms with Crippen LogP contribution in [-0.2, 0) is 14.3 Å². The molecule has 2 aliphatic rings. The first-order valence-electron chi connectivity index (χ1n) is 9.29. The topological polar surface area (TPSA) is 87.9 Å². The van der Waals surface area contributed by atoms with Crippen LogP contribution in [-0.4, -0.2) is 74.1 Å². The van der Waals surface area contributed by atoms with E-state index in [0.29, 0.717) is 19.6 Å². The highest BCUT2D eigenvalue weighted by Gasteiger charge is 2.34. The number of rotatable bonds is 7. The van der Waals surface area contributed by atoms with E-state index in [1.54, 1.807) is 4.90 Å². The van der Waals surface area contributed by atoms with Gasteiger partial charge in [0, 0.05) is 51.7 Å². The number of morpholine rings is 1. The third kappa shape index (κ3) is 6.90. The number of likely N-dealkylation sites (tertiary alicyclic amines) is 1. The summed E-state index contributed by atoms with van der Waals surface area (Å²) in [5, 5.41) is 2.90. The van der Waals surface area contributed by atoms with Gasteiger partial charge in [0.2, 0.25) is 11.8 Å². The summed E-state index contributed by atoms with van der Waals surface area (Å²) in [4.78, 5) is 28.7. The van der Waals surface area contributed by atoms with E-state index >= 15 is 0 Å². The molecule has 2 atom stereocenters. The molecule has 2 fully saturated rings. The quantitative estimate of drug-likeness (QED) is 0.665. The van der Waals surface area contributed by atoms with Crippen LogP contribution in [0.2, 0.25) is 0 Å². The lowest BCUT2D eigenvalue weighted by Gasteiger charge is -2.28. The van der Waals surface area contributed by atoms with Crippen molar-refractivity contribution in [1.29, 1.82) is 0 Å². The summed E-state index contributed by atoms with van der Waals surface area (Å²) < 4.78 is 5.33. The van der Waals surface area contributed by atoms with Gasteiger partial charge in [0.15, 0.2) is 0 Å². The molecular weight excluding hydrogens is 403 g/mol. The normalized spacial score (nSPS) is 20.8. The second-order valence-corrected chi connectivity index (χ2v) is 6.96. The molecule has 0 radical (unpaired) electrons. The summed E-state index contributed by atoms with van der Waals surface area (Å²) in [5.74, 6) is -0.306. The number of carbonyl (C=O) groups excluding carboxylic acids is 2. The van der Waals surface area contributed by atoms with Crippen molar-refractivity contribution in [2.24, 2.45) is 11.7 Å². The van der Waals surface area contributed by atoms with E-state index in [2.05, 4.69) is 10.2 Å². The van der Waals surface area contributed by atoms with Crippen LogP contribution in [0.3, 0.4) is 0 Å². The zero-order valence-electron chi connectivity index (χ0n) is 15.9. The molecule has 28 heavy (non-hydrogen) atoms. The summed E-state index contributed by atoms with van der Waals surface area (Å²) in [5.41, 5.74) is 7.11. The van der Waals surface area contributed by atoms with Crippen molar-refractivity contribution in [3.8, 4) is 0 Å². The molecule has 2 unspecified atom stereocenters. The average molecular weight is 433 g/mol. The Morgan fingerprint density at radius 3 is 2.54 bits per heavy atom. The van der Waals surface area contributed by atoms with Gasteiger partial charge in [-0.1, -0.05) is 30.3 Å². The smallest absolute Gasteiger partial charge is 0.225 e. The standard InChI is InChI=1S/C19H28N4O3.2ClH/c20-17(15-4-2-1-3-5-15)13-21-19(25)16-12-18(24)23(14-16)7-6-22-8-10-26-11-9-22;;/h1-5,16-17H,6-14,20H2,(H,21,25);2*1H. The van der Waals surface area contributed by atoms with Gasteiger partial charge in [0.1, 0.15) is 0 Å². The van der Waals surface area contributed by atoms with Crippen LogP contribution in [0.5, 0.6) is 0 Å². The minimum Gasteiger partial charge on any atom is -0.379 e. The molecule has 0 saturated carbocycles. The molecule has 0 bridgehead atoms. The molecule has 2 heterocycles. The lowest BCUT2D eigenvalue weighted by Crippen LogP contribution is -2.42. The van der Waals surface area contributed by atoms with Crippen LogP contribution >= 0.6 is 24.8 Å². The van der Waals surface area contributed by atoms with Gasteiger partial charge >= 0.3 is 0 Å². The molecule has 2 aliphatic heterocycles. The van der Waals surface area contributed by atoms with Crippen molar-refractivity contribution in [3.63, 3.8) is 0 Å². The Bertz CT molecular complexity index is 614. The first kappa shape index (κ1) is 24.7. The summed E-state index contributed by atoms with van der Waals surface area (Å²) >= 11 is 0. The van der Waals surface area contributed by atoms with Crippen LogP contribution < -0.4 is 11.1 Å². The van der Waals surface area contributed by atoms with E-state index in [9.17, 15) is 9.59 Å². The van der Waals surface area contributed by atoms with E-state index in [4.69, 9.17) is 10.5 Å². The van der Waals surface area contributed by atoms with Gasteiger partial charge in [-0.3, -0.25) is 14.5 Å². The predicted molar refractivity (Wildman–Crippen MR) is 113 cm³/mol. The molecule has 9 heteroatoms.